The van der Waals surface area contributed by atoms with Crippen molar-refractivity contribution in [2.45, 2.75) is 90.8 Å². The summed E-state index contributed by atoms with van der Waals surface area (Å²) in [6.45, 7) is 14.4. The second-order valence-corrected chi connectivity index (χ2v) is 10.0. The number of nitrogens with zero attached hydrogens (tertiary/aromatic N) is 1. The predicted molar refractivity (Wildman–Crippen MR) is 128 cm³/mol. The summed E-state index contributed by atoms with van der Waals surface area (Å²) in [7, 11) is 0. The Bertz CT molecular complexity index is 812. The van der Waals surface area contributed by atoms with E-state index in [0.717, 1.165) is 25.0 Å². The van der Waals surface area contributed by atoms with Crippen molar-refractivity contribution >= 4 is 0 Å². The Balaban J connectivity index is 1.64. The summed E-state index contributed by atoms with van der Waals surface area (Å²) in [6, 6.07) is 17.6. The lowest BCUT2D eigenvalue weighted by atomic mass is 9.71. The standard InChI is InChI=1S/C28H39NO/c1-7-9-22-10-12-23(13-11-22)21-30-26-16-14-24(15-17-26)25-19-27(3,4)29(18-8-2)28(5,6)20-25/h8,10-18,25H,7,9,19-21H2,1-6H3/b18-8+. The van der Waals surface area contributed by atoms with Gasteiger partial charge in [0.1, 0.15) is 12.4 Å². The van der Waals surface area contributed by atoms with Crippen molar-refractivity contribution in [1.82, 2.24) is 4.90 Å². The Labute approximate surface area is 184 Å². The molecule has 2 heteroatoms. The maximum atomic E-state index is 6.05. The average molecular weight is 406 g/mol. The van der Waals surface area contributed by atoms with Gasteiger partial charge in [-0.2, -0.15) is 0 Å². The van der Waals surface area contributed by atoms with Crippen LogP contribution in [0.4, 0.5) is 0 Å². The van der Waals surface area contributed by atoms with Crippen molar-refractivity contribution in [2.75, 3.05) is 0 Å². The summed E-state index contributed by atoms with van der Waals surface area (Å²) in [5.74, 6) is 1.51. The van der Waals surface area contributed by atoms with Crippen LogP contribution in [-0.2, 0) is 13.0 Å². The molecule has 0 unspecified atom stereocenters. The third-order valence-corrected chi connectivity index (χ3v) is 6.41. The van der Waals surface area contributed by atoms with E-state index in [9.17, 15) is 0 Å². The summed E-state index contributed by atoms with van der Waals surface area (Å²) in [5, 5.41) is 0. The van der Waals surface area contributed by atoms with E-state index in [1.54, 1.807) is 0 Å². The zero-order valence-electron chi connectivity index (χ0n) is 19.7. The molecule has 162 valence electrons. The van der Waals surface area contributed by atoms with Crippen molar-refractivity contribution in [3.8, 4) is 5.75 Å². The molecule has 1 heterocycles. The summed E-state index contributed by atoms with van der Waals surface area (Å²) >= 11 is 0. The fourth-order valence-electron chi connectivity index (χ4n) is 5.18. The molecule has 0 radical (unpaired) electrons. The van der Waals surface area contributed by atoms with Crippen molar-refractivity contribution in [2.24, 2.45) is 0 Å². The van der Waals surface area contributed by atoms with Crippen LogP contribution < -0.4 is 4.74 Å². The van der Waals surface area contributed by atoms with Crippen LogP contribution in [0.25, 0.3) is 0 Å². The van der Waals surface area contributed by atoms with Crippen molar-refractivity contribution in [3.05, 3.63) is 77.5 Å². The molecule has 0 saturated carbocycles. The molecule has 1 aliphatic rings. The van der Waals surface area contributed by atoms with Crippen LogP contribution >= 0.6 is 0 Å². The van der Waals surface area contributed by atoms with Gasteiger partial charge in [-0.15, -0.1) is 0 Å². The molecule has 1 aliphatic heterocycles. The SMILES string of the molecule is C/C=C/N1C(C)(C)CC(c2ccc(OCc3ccc(CCC)cc3)cc2)CC1(C)C. The van der Waals surface area contributed by atoms with E-state index >= 15 is 0 Å². The Morgan fingerprint density at radius 3 is 2.00 bits per heavy atom. The first-order valence-corrected chi connectivity index (χ1v) is 11.5. The maximum absolute atomic E-state index is 6.05. The number of hydrogen-bond donors (Lipinski definition) is 0. The molecular weight excluding hydrogens is 366 g/mol. The molecule has 0 N–H and O–H groups in total. The number of allylic oxidation sites excluding steroid dienone is 1. The highest BCUT2D eigenvalue weighted by Gasteiger charge is 2.43. The molecular formula is C28H39NO. The van der Waals surface area contributed by atoms with Crippen LogP contribution in [0, 0.1) is 0 Å². The first-order chi connectivity index (χ1) is 14.2. The minimum Gasteiger partial charge on any atom is -0.489 e. The molecule has 3 rings (SSSR count). The first-order valence-electron chi connectivity index (χ1n) is 11.5. The molecule has 2 aromatic carbocycles. The fourth-order valence-corrected chi connectivity index (χ4v) is 5.18. The number of aryl methyl sites for hydroxylation is 1. The lowest BCUT2D eigenvalue weighted by Crippen LogP contribution is -2.57. The molecule has 0 aliphatic carbocycles. The van der Waals surface area contributed by atoms with Gasteiger partial charge in [0.15, 0.2) is 0 Å². The van der Waals surface area contributed by atoms with Gasteiger partial charge < -0.3 is 9.64 Å². The summed E-state index contributed by atoms with van der Waals surface area (Å²) < 4.78 is 6.05. The largest absolute Gasteiger partial charge is 0.489 e. The van der Waals surface area contributed by atoms with Crippen LogP contribution in [0.5, 0.6) is 5.75 Å². The Morgan fingerprint density at radius 2 is 1.47 bits per heavy atom. The van der Waals surface area contributed by atoms with Gasteiger partial charge in [-0.25, -0.2) is 0 Å². The fraction of sp³-hybridized carbons (Fsp3) is 0.500. The number of likely N-dealkylation sites (tertiary alicyclic amines) is 1. The minimum atomic E-state index is 0.137. The van der Waals surface area contributed by atoms with Crippen molar-refractivity contribution in [3.63, 3.8) is 0 Å². The quantitative estimate of drug-likeness (QED) is 0.473. The number of ether oxygens (including phenoxy) is 1. The van der Waals surface area contributed by atoms with E-state index in [4.69, 9.17) is 4.74 Å². The van der Waals surface area contributed by atoms with Crippen LogP contribution in [0.2, 0.25) is 0 Å². The van der Waals surface area contributed by atoms with Crippen LogP contribution in [-0.4, -0.2) is 16.0 Å². The lowest BCUT2D eigenvalue weighted by molar-refractivity contribution is 0.00727. The summed E-state index contributed by atoms with van der Waals surface area (Å²) in [6.07, 6.45) is 9.07. The molecule has 2 nitrogen and oxygen atoms in total. The van der Waals surface area contributed by atoms with Crippen LogP contribution in [0.15, 0.2) is 60.8 Å². The van der Waals surface area contributed by atoms with E-state index in [1.807, 2.05) is 0 Å². The van der Waals surface area contributed by atoms with Gasteiger partial charge in [-0.3, -0.25) is 0 Å². The van der Waals surface area contributed by atoms with Crippen molar-refractivity contribution < 1.29 is 4.74 Å². The Kier molecular flexibility index (Phi) is 6.95. The molecule has 0 amide bonds. The molecule has 0 aromatic heterocycles. The van der Waals surface area contributed by atoms with Crippen LogP contribution in [0.3, 0.4) is 0 Å². The highest BCUT2D eigenvalue weighted by Crippen LogP contribution is 2.46. The predicted octanol–water partition coefficient (Wildman–Crippen LogP) is 7.49. The topological polar surface area (TPSA) is 12.5 Å². The second-order valence-electron chi connectivity index (χ2n) is 10.0. The van der Waals surface area contributed by atoms with Gasteiger partial charge in [0.05, 0.1) is 0 Å². The van der Waals surface area contributed by atoms with Gasteiger partial charge >= 0.3 is 0 Å². The molecule has 0 spiro atoms. The summed E-state index contributed by atoms with van der Waals surface area (Å²) in [4.78, 5) is 2.54. The highest BCUT2D eigenvalue weighted by atomic mass is 16.5. The van der Waals surface area contributed by atoms with E-state index in [-0.39, 0.29) is 11.1 Å². The second kappa shape index (κ2) is 9.29. The van der Waals surface area contributed by atoms with E-state index in [1.165, 1.54) is 23.1 Å². The van der Waals surface area contributed by atoms with Gasteiger partial charge in [0, 0.05) is 11.1 Å². The molecule has 0 bridgehead atoms. The third kappa shape index (κ3) is 5.28. The van der Waals surface area contributed by atoms with Gasteiger partial charge in [0.25, 0.3) is 0 Å². The van der Waals surface area contributed by atoms with Gasteiger partial charge in [-0.1, -0.05) is 55.8 Å². The van der Waals surface area contributed by atoms with Gasteiger partial charge in [-0.05, 0) is 94.8 Å². The van der Waals surface area contributed by atoms with E-state index < -0.39 is 0 Å². The Hall–Kier alpha value is -2.22. The molecule has 0 atom stereocenters. The molecule has 1 saturated heterocycles. The number of hydrogen-bond acceptors (Lipinski definition) is 2. The zero-order chi connectivity index (χ0) is 21.8. The normalized spacial score (nSPS) is 18.7. The number of benzene rings is 2. The summed E-state index contributed by atoms with van der Waals surface area (Å²) in [5.41, 5.74) is 4.32. The van der Waals surface area contributed by atoms with Crippen molar-refractivity contribution in [1.29, 1.82) is 0 Å². The lowest BCUT2D eigenvalue weighted by Gasteiger charge is -2.55. The molecule has 2 aromatic rings. The molecule has 30 heavy (non-hydrogen) atoms. The Morgan fingerprint density at radius 1 is 0.900 bits per heavy atom. The minimum absolute atomic E-state index is 0.137. The maximum Gasteiger partial charge on any atom is 0.119 e. The number of piperidine rings is 1. The van der Waals surface area contributed by atoms with E-state index in [0.29, 0.717) is 12.5 Å². The van der Waals surface area contributed by atoms with E-state index in [2.05, 4.69) is 107 Å². The van der Waals surface area contributed by atoms with Gasteiger partial charge in [0.2, 0.25) is 0 Å². The number of rotatable bonds is 7. The first kappa shape index (κ1) is 22.5. The zero-order valence-corrected chi connectivity index (χ0v) is 19.7. The van der Waals surface area contributed by atoms with Crippen LogP contribution in [0.1, 0.15) is 83.4 Å². The molecule has 1 fully saturated rings. The highest BCUT2D eigenvalue weighted by molar-refractivity contribution is 5.31. The third-order valence-electron chi connectivity index (χ3n) is 6.41. The monoisotopic (exact) mass is 405 g/mol. The average Bonchev–Trinajstić information content (AvgIpc) is 2.70. The smallest absolute Gasteiger partial charge is 0.119 e.